The van der Waals surface area contributed by atoms with Crippen LogP contribution in [0.15, 0.2) is 0 Å². The van der Waals surface area contributed by atoms with Crippen molar-refractivity contribution in [2.45, 2.75) is 56.5 Å². The molecule has 6 aliphatic rings. The molecule has 114 valence electrons. The highest BCUT2D eigenvalue weighted by Crippen LogP contribution is 2.73. The van der Waals surface area contributed by atoms with Gasteiger partial charge in [-0.15, -0.1) is 0 Å². The van der Waals surface area contributed by atoms with E-state index in [9.17, 15) is 9.90 Å². The molecule has 4 heteroatoms. The van der Waals surface area contributed by atoms with Gasteiger partial charge in [0.2, 0.25) is 0 Å². The first kappa shape index (κ1) is 12.0. The van der Waals surface area contributed by atoms with Crippen molar-refractivity contribution in [3.63, 3.8) is 0 Å². The van der Waals surface area contributed by atoms with E-state index in [1.807, 2.05) is 0 Å². The number of piperidine rings is 1. The lowest BCUT2D eigenvalue weighted by Crippen LogP contribution is -2.62. The summed E-state index contributed by atoms with van der Waals surface area (Å²) in [6.45, 7) is 1.14. The molecule has 4 nitrogen and oxygen atoms in total. The van der Waals surface area contributed by atoms with Crippen molar-refractivity contribution in [1.82, 2.24) is 9.80 Å². The molecule has 1 N–H and O–H groups in total. The Hall–Kier alpha value is -0.450. The van der Waals surface area contributed by atoms with E-state index in [4.69, 9.17) is 0 Å². The van der Waals surface area contributed by atoms with Gasteiger partial charge in [0.05, 0.1) is 12.3 Å². The summed E-state index contributed by atoms with van der Waals surface area (Å²) in [4.78, 5) is 18.4. The van der Waals surface area contributed by atoms with E-state index in [1.54, 1.807) is 0 Å². The Balaban J connectivity index is 1.59. The van der Waals surface area contributed by atoms with E-state index in [0.717, 1.165) is 25.8 Å². The number of aliphatic hydroxyl groups excluding tert-OH is 1. The third-order valence-electron chi connectivity index (χ3n) is 8.49. The minimum Gasteiger partial charge on any atom is -0.392 e. The molecule has 9 atom stereocenters. The molecular weight excluding hydrogens is 264 g/mol. The number of hydrogen-bond donors (Lipinski definition) is 1. The summed E-state index contributed by atoms with van der Waals surface area (Å²) in [5, 5.41) is 10.7. The van der Waals surface area contributed by atoms with Crippen molar-refractivity contribution in [2.24, 2.45) is 29.1 Å². The summed E-state index contributed by atoms with van der Waals surface area (Å²) >= 11 is 0. The van der Waals surface area contributed by atoms with Crippen LogP contribution in [0.25, 0.3) is 0 Å². The van der Waals surface area contributed by atoms with Crippen LogP contribution in [0.2, 0.25) is 0 Å². The third kappa shape index (κ3) is 1.03. The molecule has 3 saturated carbocycles. The first-order valence-corrected chi connectivity index (χ1v) is 8.84. The number of Topliss-reactive ketones (excluding diaryl/α,β-unsaturated/α-hetero) is 1. The minimum absolute atomic E-state index is 0.00311. The van der Waals surface area contributed by atoms with Gasteiger partial charge in [-0.2, -0.15) is 0 Å². The summed E-state index contributed by atoms with van der Waals surface area (Å²) in [5.74, 6) is 1.62. The van der Waals surface area contributed by atoms with Gasteiger partial charge in [-0.05, 0) is 51.0 Å². The van der Waals surface area contributed by atoms with E-state index in [-0.39, 0.29) is 23.4 Å². The zero-order valence-electron chi connectivity index (χ0n) is 12.6. The number of carbonyl (C=O) groups excluding carboxylic acids is 1. The fraction of sp³-hybridized carbons (Fsp3) is 0.941. The van der Waals surface area contributed by atoms with E-state index in [0.29, 0.717) is 35.9 Å². The molecule has 3 unspecified atom stereocenters. The average Bonchev–Trinajstić information content (AvgIpc) is 2.99. The van der Waals surface area contributed by atoms with Gasteiger partial charge in [-0.1, -0.05) is 0 Å². The van der Waals surface area contributed by atoms with Crippen molar-refractivity contribution < 1.29 is 9.90 Å². The Morgan fingerprint density at radius 2 is 2.14 bits per heavy atom. The quantitative estimate of drug-likeness (QED) is 0.712. The summed E-state index contributed by atoms with van der Waals surface area (Å²) in [5.41, 5.74) is 0.252. The molecule has 3 saturated heterocycles. The predicted molar refractivity (Wildman–Crippen MR) is 76.3 cm³/mol. The Morgan fingerprint density at radius 3 is 3.00 bits per heavy atom. The zero-order valence-corrected chi connectivity index (χ0v) is 12.6. The minimum atomic E-state index is -0.326. The second-order valence-electron chi connectivity index (χ2n) is 8.67. The number of hydrogen-bond acceptors (Lipinski definition) is 4. The fourth-order valence-corrected chi connectivity index (χ4v) is 8.03. The second-order valence-corrected chi connectivity index (χ2v) is 8.67. The Kier molecular flexibility index (Phi) is 1.94. The topological polar surface area (TPSA) is 43.8 Å². The second kappa shape index (κ2) is 3.39. The SMILES string of the molecule is CN1CC[C@H]2[C@@H]3C(=O)C4C(O)C5C[C@@H]6N2[C@H]1CC[C@@]63[C@H]4C5. The molecule has 3 aliphatic carbocycles. The van der Waals surface area contributed by atoms with Gasteiger partial charge in [-0.25, -0.2) is 0 Å². The lowest BCUT2D eigenvalue weighted by atomic mass is 9.59. The Morgan fingerprint density at radius 1 is 1.29 bits per heavy atom. The van der Waals surface area contributed by atoms with Gasteiger partial charge in [-0.3, -0.25) is 14.6 Å². The summed E-state index contributed by atoms with van der Waals surface area (Å²) in [6, 6.07) is 1.08. The van der Waals surface area contributed by atoms with E-state index in [2.05, 4.69) is 16.8 Å². The van der Waals surface area contributed by atoms with Crippen molar-refractivity contribution in [1.29, 1.82) is 0 Å². The van der Waals surface area contributed by atoms with Gasteiger partial charge in [0.1, 0.15) is 5.78 Å². The number of nitrogens with zero attached hydrogens (tertiary/aromatic N) is 2. The van der Waals surface area contributed by atoms with Gasteiger partial charge < -0.3 is 5.11 Å². The smallest absolute Gasteiger partial charge is 0.144 e. The van der Waals surface area contributed by atoms with E-state index < -0.39 is 0 Å². The van der Waals surface area contributed by atoms with Crippen LogP contribution < -0.4 is 0 Å². The standard InChI is InChI=1S/C17H24N2O2/c1-18-5-3-10-14-16(21)13-9-6-8(15(13)20)7-11-17(9,14)4-2-12(18)19(10)11/h8-15,20H,2-7H2,1H3/t8?,9-,10-,11-,12-,13?,14+,15?,17+/m0/s1. The van der Waals surface area contributed by atoms with E-state index >= 15 is 0 Å². The van der Waals surface area contributed by atoms with Crippen molar-refractivity contribution >= 4 is 5.78 Å². The molecule has 3 heterocycles. The molecular formula is C17H24N2O2. The van der Waals surface area contributed by atoms with E-state index in [1.165, 1.54) is 12.8 Å². The monoisotopic (exact) mass is 288 g/mol. The number of ketones is 1. The first-order chi connectivity index (χ1) is 10.1. The highest BCUT2D eigenvalue weighted by molar-refractivity contribution is 5.90. The van der Waals surface area contributed by atoms with Crippen LogP contribution in [0, 0.1) is 29.1 Å². The van der Waals surface area contributed by atoms with Crippen molar-refractivity contribution in [3.05, 3.63) is 0 Å². The molecule has 0 aromatic carbocycles. The summed E-state index contributed by atoms with van der Waals surface area (Å²) in [6.07, 6.45) is 6.14. The molecule has 3 aliphatic heterocycles. The molecule has 21 heavy (non-hydrogen) atoms. The van der Waals surface area contributed by atoms with Crippen LogP contribution in [0.1, 0.15) is 32.1 Å². The number of rotatable bonds is 0. The van der Waals surface area contributed by atoms with Gasteiger partial charge >= 0.3 is 0 Å². The first-order valence-electron chi connectivity index (χ1n) is 8.84. The highest BCUT2D eigenvalue weighted by atomic mass is 16.3. The maximum absolute atomic E-state index is 13.2. The van der Waals surface area contributed by atoms with Crippen LogP contribution in [-0.4, -0.2) is 58.6 Å². The lowest BCUT2D eigenvalue weighted by molar-refractivity contribution is -0.129. The number of carbonyl (C=O) groups is 1. The molecule has 6 fully saturated rings. The molecule has 0 aromatic rings. The summed E-state index contributed by atoms with van der Waals surface area (Å²) < 4.78 is 0. The van der Waals surface area contributed by atoms with Crippen molar-refractivity contribution in [2.75, 3.05) is 13.6 Å². The average molecular weight is 288 g/mol. The molecule has 0 amide bonds. The van der Waals surface area contributed by atoms with Crippen LogP contribution in [-0.2, 0) is 4.79 Å². The molecule has 0 radical (unpaired) electrons. The van der Waals surface area contributed by atoms with Crippen LogP contribution >= 0.6 is 0 Å². The maximum atomic E-state index is 13.2. The molecule has 1 spiro atoms. The normalized spacial score (nSPS) is 64.4. The van der Waals surface area contributed by atoms with Gasteiger partial charge in [0.25, 0.3) is 0 Å². The largest absolute Gasteiger partial charge is 0.392 e. The molecule has 0 aromatic heterocycles. The maximum Gasteiger partial charge on any atom is 0.144 e. The lowest BCUT2D eigenvalue weighted by Gasteiger charge is -2.55. The highest BCUT2D eigenvalue weighted by Gasteiger charge is 2.78. The molecule has 4 bridgehead atoms. The van der Waals surface area contributed by atoms with Crippen molar-refractivity contribution in [3.8, 4) is 0 Å². The predicted octanol–water partition coefficient (Wildman–Crippen LogP) is 0.697. The number of fused-ring (bicyclic) bond motifs is 2. The fourth-order valence-electron chi connectivity index (χ4n) is 8.03. The summed E-state index contributed by atoms with van der Waals surface area (Å²) in [7, 11) is 2.25. The van der Waals surface area contributed by atoms with Gasteiger partial charge in [0.15, 0.2) is 0 Å². The third-order valence-corrected chi connectivity index (χ3v) is 8.49. The van der Waals surface area contributed by atoms with Crippen LogP contribution in [0.5, 0.6) is 0 Å². The van der Waals surface area contributed by atoms with Crippen LogP contribution in [0.3, 0.4) is 0 Å². The Labute approximate surface area is 125 Å². The van der Waals surface area contributed by atoms with Gasteiger partial charge in [0, 0.05) is 35.9 Å². The molecule has 6 rings (SSSR count). The van der Waals surface area contributed by atoms with Crippen LogP contribution in [0.4, 0.5) is 0 Å². The Bertz CT molecular complexity index is 551. The number of aliphatic hydroxyl groups is 1. The zero-order chi connectivity index (χ0) is 14.1.